The highest BCUT2D eigenvalue weighted by atomic mass is 16.5. The first-order chi connectivity index (χ1) is 10.0. The molecule has 110 valence electrons. The second-order valence-corrected chi connectivity index (χ2v) is 4.54. The average Bonchev–Trinajstić information content (AvgIpc) is 2.84. The molecular formula is C15H16N2O4. The Hall–Kier alpha value is -2.63. The molecule has 1 aromatic heterocycles. The van der Waals surface area contributed by atoms with E-state index >= 15 is 0 Å². The van der Waals surface area contributed by atoms with Crippen molar-refractivity contribution in [1.82, 2.24) is 10.5 Å². The van der Waals surface area contributed by atoms with Crippen LogP contribution >= 0.6 is 0 Å². The largest absolute Gasteiger partial charge is 0.467 e. The minimum atomic E-state index is -0.877. The molecule has 6 nitrogen and oxygen atoms in total. The van der Waals surface area contributed by atoms with Crippen LogP contribution in [0.25, 0.3) is 0 Å². The molecule has 0 unspecified atom stereocenters. The molecular weight excluding hydrogens is 272 g/mol. The fourth-order valence-electron chi connectivity index (χ4n) is 2.05. The molecule has 1 atom stereocenters. The Kier molecular flexibility index (Phi) is 4.37. The third-order valence-corrected chi connectivity index (χ3v) is 3.11. The van der Waals surface area contributed by atoms with Crippen molar-refractivity contribution in [2.24, 2.45) is 0 Å². The van der Waals surface area contributed by atoms with E-state index in [1.807, 2.05) is 6.07 Å². The molecule has 1 aromatic carbocycles. The second kappa shape index (κ2) is 6.21. The molecule has 1 heterocycles. The first kappa shape index (κ1) is 14.8. The van der Waals surface area contributed by atoms with Crippen LogP contribution < -0.4 is 5.32 Å². The summed E-state index contributed by atoms with van der Waals surface area (Å²) in [6.07, 6.45) is 0. The Morgan fingerprint density at radius 3 is 2.43 bits per heavy atom. The van der Waals surface area contributed by atoms with E-state index in [1.54, 1.807) is 38.1 Å². The molecule has 6 heteroatoms. The van der Waals surface area contributed by atoms with Gasteiger partial charge in [-0.1, -0.05) is 35.5 Å². The number of methoxy groups -OCH3 is 1. The van der Waals surface area contributed by atoms with E-state index in [0.29, 0.717) is 22.6 Å². The van der Waals surface area contributed by atoms with E-state index in [2.05, 4.69) is 10.5 Å². The fourth-order valence-corrected chi connectivity index (χ4v) is 2.05. The summed E-state index contributed by atoms with van der Waals surface area (Å²) < 4.78 is 9.72. The number of carbonyl (C=O) groups is 2. The first-order valence-electron chi connectivity index (χ1n) is 6.41. The molecule has 21 heavy (non-hydrogen) atoms. The summed E-state index contributed by atoms with van der Waals surface area (Å²) in [4.78, 5) is 24.2. The lowest BCUT2D eigenvalue weighted by molar-refractivity contribution is -0.143. The van der Waals surface area contributed by atoms with Crippen molar-refractivity contribution >= 4 is 11.9 Å². The Morgan fingerprint density at radius 2 is 1.90 bits per heavy atom. The summed E-state index contributed by atoms with van der Waals surface area (Å²) in [6.45, 7) is 3.31. The van der Waals surface area contributed by atoms with Gasteiger partial charge in [0.15, 0.2) is 6.04 Å². The van der Waals surface area contributed by atoms with Crippen LogP contribution in [-0.2, 0) is 9.53 Å². The Morgan fingerprint density at radius 1 is 1.24 bits per heavy atom. The van der Waals surface area contributed by atoms with Gasteiger partial charge < -0.3 is 14.6 Å². The molecule has 2 aromatic rings. The Bertz CT molecular complexity index is 629. The van der Waals surface area contributed by atoms with Gasteiger partial charge in [-0.25, -0.2) is 4.79 Å². The second-order valence-electron chi connectivity index (χ2n) is 4.54. The smallest absolute Gasteiger partial charge is 0.333 e. The number of amides is 1. The molecule has 0 spiro atoms. The topological polar surface area (TPSA) is 81.4 Å². The number of rotatable bonds is 4. The number of benzene rings is 1. The molecule has 0 bridgehead atoms. The third kappa shape index (κ3) is 3.10. The molecule has 1 N–H and O–H groups in total. The summed E-state index contributed by atoms with van der Waals surface area (Å²) in [7, 11) is 1.28. The third-order valence-electron chi connectivity index (χ3n) is 3.11. The van der Waals surface area contributed by atoms with E-state index in [9.17, 15) is 9.59 Å². The van der Waals surface area contributed by atoms with Crippen LogP contribution in [-0.4, -0.2) is 24.1 Å². The van der Waals surface area contributed by atoms with Crippen LogP contribution in [0.4, 0.5) is 0 Å². The number of carbonyl (C=O) groups excluding carboxylic acids is 2. The monoisotopic (exact) mass is 288 g/mol. The maximum Gasteiger partial charge on any atom is 0.333 e. The van der Waals surface area contributed by atoms with Crippen LogP contribution in [0.2, 0.25) is 0 Å². The number of nitrogens with zero attached hydrogens (tertiary/aromatic N) is 1. The number of hydrogen-bond donors (Lipinski definition) is 1. The normalized spacial score (nSPS) is 11.8. The summed E-state index contributed by atoms with van der Waals surface area (Å²) in [6, 6.07) is 8.01. The fraction of sp³-hybridized carbons (Fsp3) is 0.267. The first-order valence-corrected chi connectivity index (χ1v) is 6.41. The lowest BCUT2D eigenvalue weighted by Crippen LogP contribution is -2.35. The SMILES string of the molecule is COC(=O)[C@@H](NC(=O)c1c(C)noc1C)c1ccccc1. The number of aryl methyl sites for hydroxylation is 2. The lowest BCUT2D eigenvalue weighted by atomic mass is 10.1. The number of hydrogen-bond acceptors (Lipinski definition) is 5. The maximum absolute atomic E-state index is 12.3. The van der Waals surface area contributed by atoms with E-state index in [1.165, 1.54) is 7.11 Å². The highest BCUT2D eigenvalue weighted by molar-refractivity contribution is 5.98. The molecule has 0 saturated carbocycles. The highest BCUT2D eigenvalue weighted by Crippen LogP contribution is 2.17. The predicted octanol–water partition coefficient (Wildman–Crippen LogP) is 1.94. The van der Waals surface area contributed by atoms with Gasteiger partial charge in [-0.2, -0.15) is 0 Å². The van der Waals surface area contributed by atoms with Crippen LogP contribution in [0.1, 0.15) is 33.4 Å². The predicted molar refractivity (Wildman–Crippen MR) is 74.6 cm³/mol. The van der Waals surface area contributed by atoms with Gasteiger partial charge in [0, 0.05) is 0 Å². The zero-order valence-corrected chi connectivity index (χ0v) is 12.0. The number of esters is 1. The molecule has 1 amide bonds. The number of nitrogens with one attached hydrogen (secondary N) is 1. The van der Waals surface area contributed by atoms with Crippen molar-refractivity contribution in [2.45, 2.75) is 19.9 Å². The zero-order valence-electron chi connectivity index (χ0n) is 12.0. The van der Waals surface area contributed by atoms with Gasteiger partial charge in [-0.15, -0.1) is 0 Å². The van der Waals surface area contributed by atoms with Crippen LogP contribution in [0.5, 0.6) is 0 Å². The van der Waals surface area contributed by atoms with Crippen LogP contribution in [0.3, 0.4) is 0 Å². The van der Waals surface area contributed by atoms with Crippen molar-refractivity contribution in [3.8, 4) is 0 Å². The quantitative estimate of drug-likeness (QED) is 0.869. The molecule has 0 radical (unpaired) electrons. The summed E-state index contributed by atoms with van der Waals surface area (Å²) in [5.74, 6) is -0.562. The Labute approximate surface area is 122 Å². The molecule has 0 saturated heterocycles. The van der Waals surface area contributed by atoms with Crippen LogP contribution in [0, 0.1) is 13.8 Å². The van der Waals surface area contributed by atoms with Gasteiger partial charge >= 0.3 is 5.97 Å². The standard InChI is InChI=1S/C15H16N2O4/c1-9-12(10(2)21-17-9)14(18)16-13(15(19)20-3)11-7-5-4-6-8-11/h4-8,13H,1-3H3,(H,16,18)/t13-/m0/s1. The van der Waals surface area contributed by atoms with Crippen molar-refractivity contribution < 1.29 is 18.8 Å². The van der Waals surface area contributed by atoms with Gasteiger partial charge in [0.25, 0.3) is 5.91 Å². The maximum atomic E-state index is 12.3. The molecule has 2 rings (SSSR count). The number of ether oxygens (including phenoxy) is 1. The van der Waals surface area contributed by atoms with Gasteiger partial charge in [-0.05, 0) is 19.4 Å². The Balaban J connectivity index is 2.28. The summed E-state index contributed by atoms with van der Waals surface area (Å²) >= 11 is 0. The van der Waals surface area contributed by atoms with E-state index in [0.717, 1.165) is 0 Å². The lowest BCUT2D eigenvalue weighted by Gasteiger charge is -2.16. The number of aromatic nitrogens is 1. The van der Waals surface area contributed by atoms with Gasteiger partial charge in [0.2, 0.25) is 0 Å². The van der Waals surface area contributed by atoms with Crippen molar-refractivity contribution in [2.75, 3.05) is 7.11 Å². The highest BCUT2D eigenvalue weighted by Gasteiger charge is 2.26. The molecule has 0 aliphatic carbocycles. The van der Waals surface area contributed by atoms with Crippen molar-refractivity contribution in [1.29, 1.82) is 0 Å². The van der Waals surface area contributed by atoms with Gasteiger partial charge in [0.05, 0.1) is 12.8 Å². The van der Waals surface area contributed by atoms with Gasteiger partial charge in [0.1, 0.15) is 11.3 Å². The molecule has 0 aliphatic heterocycles. The van der Waals surface area contributed by atoms with E-state index in [4.69, 9.17) is 9.26 Å². The summed E-state index contributed by atoms with van der Waals surface area (Å²) in [5, 5.41) is 6.38. The summed E-state index contributed by atoms with van der Waals surface area (Å²) in [5.41, 5.74) is 1.45. The van der Waals surface area contributed by atoms with Gasteiger partial charge in [-0.3, -0.25) is 4.79 Å². The van der Waals surface area contributed by atoms with Crippen LogP contribution in [0.15, 0.2) is 34.9 Å². The minimum absolute atomic E-state index is 0.333. The zero-order chi connectivity index (χ0) is 15.4. The molecule has 0 aliphatic rings. The van der Waals surface area contributed by atoms with E-state index < -0.39 is 17.9 Å². The van der Waals surface area contributed by atoms with E-state index in [-0.39, 0.29) is 0 Å². The van der Waals surface area contributed by atoms with Crippen molar-refractivity contribution in [3.05, 3.63) is 52.9 Å². The minimum Gasteiger partial charge on any atom is -0.467 e. The molecule has 0 fully saturated rings. The average molecular weight is 288 g/mol. The van der Waals surface area contributed by atoms with Crippen molar-refractivity contribution in [3.63, 3.8) is 0 Å².